The summed E-state index contributed by atoms with van der Waals surface area (Å²) >= 11 is 1.65. The fraction of sp³-hybridized carbons (Fsp3) is 0.452. The summed E-state index contributed by atoms with van der Waals surface area (Å²) in [6, 6.07) is 10.5. The number of thiazole rings is 1. The van der Waals surface area contributed by atoms with Gasteiger partial charge in [-0.1, -0.05) is 44.6 Å². The van der Waals surface area contributed by atoms with Crippen molar-refractivity contribution in [1.29, 1.82) is 0 Å². The van der Waals surface area contributed by atoms with E-state index in [0.717, 1.165) is 71.8 Å². The minimum absolute atomic E-state index is 0.0475. The van der Waals surface area contributed by atoms with Crippen LogP contribution in [0.2, 0.25) is 0 Å². The number of nitrogens with zero attached hydrogens (tertiary/aromatic N) is 3. The molecule has 196 valence electrons. The Kier molecular flexibility index (Phi) is 6.19. The molecule has 0 bridgehead atoms. The molecule has 0 atom stereocenters. The molecule has 2 fully saturated rings. The first-order valence-electron chi connectivity index (χ1n) is 14.2. The third kappa shape index (κ3) is 4.62. The lowest BCUT2D eigenvalue weighted by molar-refractivity contribution is -0.137. The van der Waals surface area contributed by atoms with Crippen molar-refractivity contribution >= 4 is 55.4 Å². The Labute approximate surface area is 227 Å². The summed E-state index contributed by atoms with van der Waals surface area (Å²) in [7, 11) is 0. The van der Waals surface area contributed by atoms with Gasteiger partial charge in [0, 0.05) is 41.5 Å². The number of anilines is 2. The van der Waals surface area contributed by atoms with E-state index < -0.39 is 0 Å². The molecule has 2 aliphatic carbocycles. The van der Waals surface area contributed by atoms with E-state index in [4.69, 9.17) is 0 Å². The van der Waals surface area contributed by atoms with Crippen LogP contribution in [0.1, 0.15) is 69.9 Å². The SMILES string of the molecule is O=C(N1CC=C(c2cc3c(Nc4ccc5ncsc5c4)ccnc3[nH]2)CC1)C1(CC2CCCCCC2)CC1. The first kappa shape index (κ1) is 23.9. The second-order valence-corrected chi connectivity index (χ2v) is 12.4. The van der Waals surface area contributed by atoms with Crippen LogP contribution in [0.15, 0.2) is 48.1 Å². The summed E-state index contributed by atoms with van der Waals surface area (Å²) in [6.07, 6.45) is 16.4. The molecule has 0 spiro atoms. The highest BCUT2D eigenvalue weighted by Crippen LogP contribution is 2.54. The Morgan fingerprint density at radius 1 is 1.11 bits per heavy atom. The summed E-state index contributed by atoms with van der Waals surface area (Å²) in [5.41, 5.74) is 8.19. The maximum Gasteiger partial charge on any atom is 0.229 e. The van der Waals surface area contributed by atoms with Gasteiger partial charge in [-0.25, -0.2) is 9.97 Å². The minimum Gasteiger partial charge on any atom is -0.355 e. The maximum atomic E-state index is 13.6. The third-order valence-electron chi connectivity index (χ3n) is 8.95. The van der Waals surface area contributed by atoms with Crippen LogP contribution in [0, 0.1) is 11.3 Å². The van der Waals surface area contributed by atoms with Gasteiger partial charge in [0.2, 0.25) is 5.91 Å². The molecular formula is C31H35N5OS. The number of nitrogens with one attached hydrogen (secondary N) is 2. The van der Waals surface area contributed by atoms with Crippen molar-refractivity contribution in [1.82, 2.24) is 19.9 Å². The van der Waals surface area contributed by atoms with E-state index in [1.54, 1.807) is 11.3 Å². The predicted octanol–water partition coefficient (Wildman–Crippen LogP) is 7.67. The number of pyridine rings is 1. The number of H-pyrrole nitrogens is 1. The normalized spacial score (nSPS) is 19.9. The van der Waals surface area contributed by atoms with Crippen LogP contribution in [-0.4, -0.2) is 38.8 Å². The zero-order chi connectivity index (χ0) is 25.5. The summed E-state index contributed by atoms with van der Waals surface area (Å²) in [5, 5.41) is 4.65. The molecule has 4 aromatic rings. The summed E-state index contributed by atoms with van der Waals surface area (Å²) in [6.45, 7) is 1.52. The van der Waals surface area contributed by atoms with Crippen molar-refractivity contribution in [2.75, 3.05) is 18.4 Å². The van der Waals surface area contributed by atoms with Crippen molar-refractivity contribution in [3.05, 3.63) is 53.8 Å². The highest BCUT2D eigenvalue weighted by Gasteiger charge is 2.52. The van der Waals surface area contributed by atoms with Gasteiger partial charge < -0.3 is 15.2 Å². The van der Waals surface area contributed by atoms with Crippen LogP contribution < -0.4 is 5.32 Å². The first-order valence-corrected chi connectivity index (χ1v) is 15.1. The molecule has 7 rings (SSSR count). The Bertz CT molecular complexity index is 1510. The van der Waals surface area contributed by atoms with Gasteiger partial charge in [0.1, 0.15) is 5.65 Å². The van der Waals surface area contributed by atoms with Crippen LogP contribution in [-0.2, 0) is 4.79 Å². The maximum absolute atomic E-state index is 13.6. The quantitative estimate of drug-likeness (QED) is 0.253. The monoisotopic (exact) mass is 525 g/mol. The Balaban J connectivity index is 1.05. The Morgan fingerprint density at radius 2 is 1.97 bits per heavy atom. The molecule has 3 aromatic heterocycles. The van der Waals surface area contributed by atoms with E-state index in [2.05, 4.69) is 55.5 Å². The highest BCUT2D eigenvalue weighted by atomic mass is 32.1. The molecule has 0 unspecified atom stereocenters. The van der Waals surface area contributed by atoms with Crippen LogP contribution in [0.5, 0.6) is 0 Å². The number of hydrogen-bond donors (Lipinski definition) is 2. The zero-order valence-electron chi connectivity index (χ0n) is 21.8. The average Bonchev–Trinajstić information content (AvgIpc) is 3.46. The zero-order valence-corrected chi connectivity index (χ0v) is 22.7. The van der Waals surface area contributed by atoms with E-state index in [1.807, 2.05) is 17.8 Å². The van der Waals surface area contributed by atoms with E-state index in [-0.39, 0.29) is 5.41 Å². The summed E-state index contributed by atoms with van der Waals surface area (Å²) in [4.78, 5) is 28.2. The van der Waals surface area contributed by atoms with E-state index in [9.17, 15) is 4.79 Å². The van der Waals surface area contributed by atoms with Gasteiger partial charge in [-0.3, -0.25) is 4.79 Å². The largest absolute Gasteiger partial charge is 0.355 e. The number of carbonyl (C=O) groups is 1. The highest BCUT2D eigenvalue weighted by molar-refractivity contribution is 7.16. The number of aromatic nitrogens is 3. The number of hydrogen-bond acceptors (Lipinski definition) is 5. The minimum atomic E-state index is -0.0475. The molecule has 0 radical (unpaired) electrons. The van der Waals surface area contributed by atoms with Crippen molar-refractivity contribution in [2.24, 2.45) is 11.3 Å². The molecule has 2 saturated carbocycles. The smallest absolute Gasteiger partial charge is 0.229 e. The standard InChI is InChI=1S/C31H35N5OS/c37-30(31(12-13-31)19-21-5-3-1-2-4-6-21)36-15-10-22(11-16-36)27-18-24-25(9-14-32-29(24)35-27)34-23-7-8-26-28(17-23)38-20-33-26/h7-10,14,17-18,20-21H,1-6,11-13,15-16,19H2,(H2,32,34,35). The third-order valence-corrected chi connectivity index (χ3v) is 9.74. The van der Waals surface area contributed by atoms with Gasteiger partial charge in [-0.2, -0.15) is 0 Å². The molecular weight excluding hydrogens is 490 g/mol. The van der Waals surface area contributed by atoms with Crippen molar-refractivity contribution in [3.8, 4) is 0 Å². The topological polar surface area (TPSA) is 73.9 Å². The van der Waals surface area contributed by atoms with Gasteiger partial charge in [-0.15, -0.1) is 11.3 Å². The first-order chi connectivity index (χ1) is 18.7. The second-order valence-electron chi connectivity index (χ2n) is 11.5. The number of aromatic amines is 1. The number of fused-ring (bicyclic) bond motifs is 2. The fourth-order valence-corrected chi connectivity index (χ4v) is 7.32. The second kappa shape index (κ2) is 9.84. The Morgan fingerprint density at radius 3 is 2.76 bits per heavy atom. The molecule has 1 aliphatic heterocycles. The van der Waals surface area contributed by atoms with E-state index in [0.29, 0.717) is 12.5 Å². The van der Waals surface area contributed by atoms with Crippen molar-refractivity contribution in [3.63, 3.8) is 0 Å². The number of rotatable bonds is 6. The lowest BCUT2D eigenvalue weighted by Crippen LogP contribution is -2.40. The predicted molar refractivity (Wildman–Crippen MR) is 156 cm³/mol. The molecule has 4 heterocycles. The van der Waals surface area contributed by atoms with Crippen LogP contribution >= 0.6 is 11.3 Å². The van der Waals surface area contributed by atoms with Crippen LogP contribution in [0.4, 0.5) is 11.4 Å². The molecule has 38 heavy (non-hydrogen) atoms. The average molecular weight is 526 g/mol. The van der Waals surface area contributed by atoms with Gasteiger partial charge in [0.05, 0.1) is 21.4 Å². The lowest BCUT2D eigenvalue weighted by atomic mass is 9.85. The molecule has 2 N–H and O–H groups in total. The van der Waals surface area contributed by atoms with Gasteiger partial charge >= 0.3 is 0 Å². The van der Waals surface area contributed by atoms with E-state index in [1.165, 1.54) is 48.8 Å². The molecule has 3 aliphatic rings. The molecule has 0 saturated heterocycles. The summed E-state index contributed by atoms with van der Waals surface area (Å²) < 4.78 is 1.17. The lowest BCUT2D eigenvalue weighted by Gasteiger charge is -2.31. The molecule has 1 aromatic carbocycles. The number of amides is 1. The van der Waals surface area contributed by atoms with Crippen molar-refractivity contribution in [2.45, 2.75) is 64.2 Å². The van der Waals surface area contributed by atoms with Crippen LogP contribution in [0.3, 0.4) is 0 Å². The molecule has 1 amide bonds. The van der Waals surface area contributed by atoms with Crippen LogP contribution in [0.25, 0.3) is 26.8 Å². The fourth-order valence-electron chi connectivity index (χ4n) is 6.61. The van der Waals surface area contributed by atoms with Gasteiger partial charge in [0.15, 0.2) is 0 Å². The number of benzene rings is 1. The van der Waals surface area contributed by atoms with E-state index >= 15 is 0 Å². The van der Waals surface area contributed by atoms with Gasteiger partial charge in [-0.05, 0) is 67.5 Å². The Hall–Kier alpha value is -3.19. The number of carbonyl (C=O) groups excluding carboxylic acids is 1. The van der Waals surface area contributed by atoms with Gasteiger partial charge in [0.25, 0.3) is 0 Å². The molecule has 6 nitrogen and oxygen atoms in total. The van der Waals surface area contributed by atoms with Crippen molar-refractivity contribution < 1.29 is 4.79 Å². The summed E-state index contributed by atoms with van der Waals surface area (Å²) in [5.74, 6) is 1.17. The molecule has 7 heteroatoms.